The summed E-state index contributed by atoms with van der Waals surface area (Å²) in [5, 5.41) is 12.3. The van der Waals surface area contributed by atoms with Crippen molar-refractivity contribution in [1.82, 2.24) is 5.06 Å². The van der Waals surface area contributed by atoms with Crippen molar-refractivity contribution in [2.75, 3.05) is 0 Å². The third-order valence-electron chi connectivity index (χ3n) is 4.19. The van der Waals surface area contributed by atoms with E-state index < -0.39 is 0 Å². The molecule has 1 N–H and O–H groups in total. The van der Waals surface area contributed by atoms with Gasteiger partial charge in [0.1, 0.15) is 0 Å². The van der Waals surface area contributed by atoms with Crippen LogP contribution in [0.2, 0.25) is 0 Å². The fourth-order valence-corrected chi connectivity index (χ4v) is 3.13. The molecule has 1 unspecified atom stereocenters. The van der Waals surface area contributed by atoms with Crippen LogP contribution in [-0.2, 0) is 0 Å². The summed E-state index contributed by atoms with van der Waals surface area (Å²) in [6.45, 7) is 6.23. The maximum absolute atomic E-state index is 10.7. The van der Waals surface area contributed by atoms with E-state index in [1.54, 1.807) is 5.06 Å². The Morgan fingerprint density at radius 3 is 2.16 bits per heavy atom. The van der Waals surface area contributed by atoms with Crippen LogP contribution in [0.15, 0.2) is 30.3 Å². The first kappa shape index (κ1) is 14.5. The summed E-state index contributed by atoms with van der Waals surface area (Å²) in [5.74, 6) is 0.570. The van der Waals surface area contributed by atoms with Crippen molar-refractivity contribution >= 4 is 0 Å². The van der Waals surface area contributed by atoms with Gasteiger partial charge in [0.05, 0.1) is 6.04 Å². The van der Waals surface area contributed by atoms with Crippen molar-refractivity contribution in [1.29, 1.82) is 0 Å². The maximum Gasteiger partial charge on any atom is 0.0633 e. The van der Waals surface area contributed by atoms with Gasteiger partial charge in [-0.1, -0.05) is 49.6 Å². The van der Waals surface area contributed by atoms with Crippen molar-refractivity contribution in [3.63, 3.8) is 0 Å². The number of nitrogens with zero attached hydrogens (tertiary/aromatic N) is 1. The van der Waals surface area contributed by atoms with Crippen LogP contribution in [-0.4, -0.2) is 15.8 Å². The number of hydrogen-bond acceptors (Lipinski definition) is 2. The lowest BCUT2D eigenvalue weighted by Crippen LogP contribution is -2.44. The van der Waals surface area contributed by atoms with Crippen LogP contribution in [0.3, 0.4) is 0 Å². The smallest absolute Gasteiger partial charge is 0.0633 e. The van der Waals surface area contributed by atoms with Crippen molar-refractivity contribution in [2.45, 2.75) is 64.5 Å². The number of hydroxylamine groups is 2. The summed E-state index contributed by atoms with van der Waals surface area (Å²) in [5.41, 5.74) is 1.02. The van der Waals surface area contributed by atoms with Gasteiger partial charge in [0.25, 0.3) is 0 Å². The highest BCUT2D eigenvalue weighted by Gasteiger charge is 2.34. The van der Waals surface area contributed by atoms with Crippen LogP contribution in [0, 0.1) is 5.92 Å². The molecule has 1 aromatic rings. The molecule has 2 heteroatoms. The van der Waals surface area contributed by atoms with Gasteiger partial charge in [-0.15, -0.1) is 0 Å². The number of hydrogen-bond donors (Lipinski definition) is 1. The molecule has 0 amide bonds. The van der Waals surface area contributed by atoms with Crippen molar-refractivity contribution in [3.8, 4) is 0 Å². The van der Waals surface area contributed by atoms with E-state index in [0.717, 1.165) is 0 Å². The summed E-state index contributed by atoms with van der Waals surface area (Å²) < 4.78 is 0. The highest BCUT2D eigenvalue weighted by molar-refractivity contribution is 5.20. The van der Waals surface area contributed by atoms with Crippen LogP contribution >= 0.6 is 0 Å². The van der Waals surface area contributed by atoms with Crippen LogP contribution in [0.1, 0.15) is 64.5 Å². The first-order valence-corrected chi connectivity index (χ1v) is 7.53. The van der Waals surface area contributed by atoms with Gasteiger partial charge in [-0.25, -0.2) is 0 Å². The summed E-state index contributed by atoms with van der Waals surface area (Å²) in [7, 11) is 0. The second-order valence-electron chi connectivity index (χ2n) is 6.77. The molecule has 1 aromatic carbocycles. The summed E-state index contributed by atoms with van der Waals surface area (Å²) in [6.07, 6.45) is 6.40. The number of benzene rings is 1. The van der Waals surface area contributed by atoms with Crippen LogP contribution < -0.4 is 0 Å². The maximum atomic E-state index is 10.7. The second kappa shape index (κ2) is 6.06. The van der Waals surface area contributed by atoms with E-state index in [9.17, 15) is 5.21 Å². The molecule has 0 heterocycles. The minimum absolute atomic E-state index is 0.126. The first-order valence-electron chi connectivity index (χ1n) is 7.53. The predicted molar refractivity (Wildman–Crippen MR) is 79.1 cm³/mol. The first-order chi connectivity index (χ1) is 9.00. The molecule has 1 aliphatic rings. The Balaban J connectivity index is 2.27. The lowest BCUT2D eigenvalue weighted by Gasteiger charge is -2.42. The van der Waals surface area contributed by atoms with Gasteiger partial charge in [0.15, 0.2) is 0 Å². The molecule has 1 saturated carbocycles. The zero-order valence-corrected chi connectivity index (χ0v) is 12.5. The Bertz CT molecular complexity index is 376. The zero-order chi connectivity index (χ0) is 13.9. The number of rotatable bonds is 3. The fraction of sp³-hybridized carbons (Fsp3) is 0.647. The molecule has 1 aliphatic carbocycles. The molecule has 0 aromatic heterocycles. The van der Waals surface area contributed by atoms with E-state index in [-0.39, 0.29) is 11.6 Å². The van der Waals surface area contributed by atoms with E-state index >= 15 is 0 Å². The third-order valence-corrected chi connectivity index (χ3v) is 4.19. The molecule has 19 heavy (non-hydrogen) atoms. The largest absolute Gasteiger partial charge is 0.313 e. The molecule has 0 saturated heterocycles. The average Bonchev–Trinajstić information content (AvgIpc) is 2.40. The van der Waals surface area contributed by atoms with Gasteiger partial charge in [0.2, 0.25) is 0 Å². The minimum Gasteiger partial charge on any atom is -0.313 e. The third kappa shape index (κ3) is 3.58. The standard InChI is InChI=1S/C17H27NO/c1-17(2,3)18(19)16(14-10-6-4-7-11-14)15-12-8-5-9-13-15/h4,6-7,10-11,15-16,19H,5,8-9,12-13H2,1-3H3. The molecule has 1 fully saturated rings. The van der Waals surface area contributed by atoms with E-state index in [1.165, 1.54) is 37.7 Å². The monoisotopic (exact) mass is 261 g/mol. The average molecular weight is 261 g/mol. The van der Waals surface area contributed by atoms with Gasteiger partial charge >= 0.3 is 0 Å². The molecule has 0 spiro atoms. The van der Waals surface area contributed by atoms with Crippen LogP contribution in [0.25, 0.3) is 0 Å². The molecular weight excluding hydrogens is 234 g/mol. The minimum atomic E-state index is -0.224. The lowest BCUT2D eigenvalue weighted by molar-refractivity contribution is -0.204. The molecule has 0 aliphatic heterocycles. The SMILES string of the molecule is CC(C)(C)N(O)C(c1ccccc1)C1CCCCC1. The normalized spacial score (nSPS) is 19.6. The Hall–Kier alpha value is -0.860. The van der Waals surface area contributed by atoms with E-state index in [2.05, 4.69) is 45.0 Å². The summed E-state index contributed by atoms with van der Waals surface area (Å²) in [6, 6.07) is 10.6. The Kier molecular flexibility index (Phi) is 4.64. The van der Waals surface area contributed by atoms with Crippen LogP contribution in [0.5, 0.6) is 0 Å². The fourth-order valence-electron chi connectivity index (χ4n) is 3.13. The van der Waals surface area contributed by atoms with Gasteiger partial charge in [-0.2, -0.15) is 5.06 Å². The molecule has 1 atom stereocenters. The van der Waals surface area contributed by atoms with Gasteiger partial charge in [-0.3, -0.25) is 0 Å². The second-order valence-corrected chi connectivity index (χ2v) is 6.77. The predicted octanol–water partition coefficient (Wildman–Crippen LogP) is 4.80. The molecule has 2 nitrogen and oxygen atoms in total. The molecule has 106 valence electrons. The van der Waals surface area contributed by atoms with E-state index in [4.69, 9.17) is 0 Å². The molecular formula is C17H27NO. The highest BCUT2D eigenvalue weighted by Crippen LogP contribution is 2.40. The van der Waals surface area contributed by atoms with Gasteiger partial charge in [-0.05, 0) is 45.1 Å². The van der Waals surface area contributed by atoms with E-state index in [1.807, 2.05) is 6.07 Å². The van der Waals surface area contributed by atoms with E-state index in [0.29, 0.717) is 5.92 Å². The highest BCUT2D eigenvalue weighted by atomic mass is 16.5. The Labute approximate surface area is 117 Å². The quantitative estimate of drug-likeness (QED) is 0.790. The Morgan fingerprint density at radius 2 is 1.63 bits per heavy atom. The lowest BCUT2D eigenvalue weighted by atomic mass is 9.80. The van der Waals surface area contributed by atoms with Gasteiger partial charge < -0.3 is 5.21 Å². The summed E-state index contributed by atoms with van der Waals surface area (Å²) in [4.78, 5) is 0. The molecule has 0 bridgehead atoms. The molecule has 2 rings (SSSR count). The van der Waals surface area contributed by atoms with Crippen LogP contribution in [0.4, 0.5) is 0 Å². The van der Waals surface area contributed by atoms with Crippen molar-refractivity contribution in [3.05, 3.63) is 35.9 Å². The topological polar surface area (TPSA) is 23.5 Å². The Morgan fingerprint density at radius 1 is 1.05 bits per heavy atom. The summed E-state index contributed by atoms with van der Waals surface area (Å²) >= 11 is 0. The zero-order valence-electron chi connectivity index (χ0n) is 12.5. The van der Waals surface area contributed by atoms with Crippen molar-refractivity contribution < 1.29 is 5.21 Å². The van der Waals surface area contributed by atoms with Gasteiger partial charge in [0, 0.05) is 5.54 Å². The van der Waals surface area contributed by atoms with Crippen molar-refractivity contribution in [2.24, 2.45) is 5.92 Å². The molecule has 0 radical (unpaired) electrons.